The molecule has 11 rings (SSSR count). The first-order chi connectivity index (χ1) is 26.2. The summed E-state index contributed by atoms with van der Waals surface area (Å²) in [6.07, 6.45) is 0. The molecule has 11 aromatic rings. The third-order valence-electron chi connectivity index (χ3n) is 9.92. The first kappa shape index (κ1) is 29.7. The van der Waals surface area contributed by atoms with Crippen LogP contribution in [0.1, 0.15) is 0 Å². The molecule has 0 aliphatic rings. The van der Waals surface area contributed by atoms with Crippen LogP contribution in [0.5, 0.6) is 0 Å². The molecular formula is C46H27N5OS. The third kappa shape index (κ3) is 4.86. The van der Waals surface area contributed by atoms with Gasteiger partial charge in [-0.25, -0.2) is 9.97 Å². The van der Waals surface area contributed by atoms with Crippen molar-refractivity contribution in [2.45, 2.75) is 0 Å². The van der Waals surface area contributed by atoms with Crippen molar-refractivity contribution < 1.29 is 4.42 Å². The molecule has 53 heavy (non-hydrogen) atoms. The summed E-state index contributed by atoms with van der Waals surface area (Å²) in [6.45, 7) is 0. The van der Waals surface area contributed by atoms with Crippen LogP contribution in [0.25, 0.3) is 104 Å². The van der Waals surface area contributed by atoms with E-state index < -0.39 is 0 Å². The van der Waals surface area contributed by atoms with Gasteiger partial charge in [-0.05, 0) is 53.6 Å². The largest absolute Gasteiger partial charge is 0.456 e. The van der Waals surface area contributed by atoms with E-state index in [0.717, 1.165) is 86.8 Å². The minimum atomic E-state index is 0.542. The van der Waals surface area contributed by atoms with Gasteiger partial charge in [-0.3, -0.25) is 4.57 Å². The average molecular weight is 698 g/mol. The lowest BCUT2D eigenvalue weighted by Crippen LogP contribution is -2.06. The molecule has 0 N–H and O–H groups in total. The van der Waals surface area contributed by atoms with Gasteiger partial charge in [0, 0.05) is 38.2 Å². The second-order valence-electron chi connectivity index (χ2n) is 13.1. The summed E-state index contributed by atoms with van der Waals surface area (Å²) in [7, 11) is 0. The van der Waals surface area contributed by atoms with Crippen LogP contribution >= 0.6 is 11.3 Å². The minimum absolute atomic E-state index is 0.542. The lowest BCUT2D eigenvalue weighted by atomic mass is 10.0. The number of nitrogens with zero attached hydrogens (tertiary/aromatic N) is 5. The Kier molecular flexibility index (Phi) is 6.62. The fraction of sp³-hybridized carbons (Fsp3) is 0. The topological polar surface area (TPSA) is 69.6 Å². The van der Waals surface area contributed by atoms with Crippen molar-refractivity contribution in [2.24, 2.45) is 0 Å². The van der Waals surface area contributed by atoms with E-state index in [1.54, 1.807) is 11.3 Å². The summed E-state index contributed by atoms with van der Waals surface area (Å²) in [5, 5.41) is 5.24. The Balaban J connectivity index is 1.19. The summed E-state index contributed by atoms with van der Waals surface area (Å²) >= 11 is 1.67. The van der Waals surface area contributed by atoms with E-state index in [-0.39, 0.29) is 0 Å². The van der Waals surface area contributed by atoms with Gasteiger partial charge in [0.2, 0.25) is 5.95 Å². The highest BCUT2D eigenvalue weighted by Crippen LogP contribution is 2.39. The first-order valence-corrected chi connectivity index (χ1v) is 18.3. The molecule has 7 heteroatoms. The molecule has 0 atom stereocenters. The SMILES string of the molecule is c1ccc(-c2ccc3c4ccccc4n(-c4nc(-c5ccc6nc(-c7ccccc7)sc6c5)nc(-c5cccc6oc7ccccc7c56)n4)c3c2)cc1. The maximum Gasteiger partial charge on any atom is 0.238 e. The molecule has 0 radical (unpaired) electrons. The molecule has 0 aliphatic heterocycles. The van der Waals surface area contributed by atoms with Gasteiger partial charge in [0.1, 0.15) is 16.2 Å². The molecule has 0 saturated carbocycles. The summed E-state index contributed by atoms with van der Waals surface area (Å²) in [4.78, 5) is 20.8. The van der Waals surface area contributed by atoms with Crippen LogP contribution < -0.4 is 0 Å². The maximum atomic E-state index is 6.31. The third-order valence-corrected chi connectivity index (χ3v) is 11.0. The molecule has 6 nitrogen and oxygen atoms in total. The van der Waals surface area contributed by atoms with Gasteiger partial charge < -0.3 is 4.42 Å². The second-order valence-corrected chi connectivity index (χ2v) is 14.1. The van der Waals surface area contributed by atoms with E-state index in [4.69, 9.17) is 24.4 Å². The molecule has 7 aromatic carbocycles. The minimum Gasteiger partial charge on any atom is -0.456 e. The predicted molar refractivity (Wildman–Crippen MR) is 216 cm³/mol. The van der Waals surface area contributed by atoms with E-state index in [9.17, 15) is 0 Å². The molecule has 0 amide bonds. The molecule has 4 heterocycles. The lowest BCUT2D eigenvalue weighted by molar-refractivity contribution is 0.669. The van der Waals surface area contributed by atoms with Crippen LogP contribution in [0, 0.1) is 0 Å². The second kappa shape index (κ2) is 11.8. The highest BCUT2D eigenvalue weighted by molar-refractivity contribution is 7.21. The molecule has 0 unspecified atom stereocenters. The summed E-state index contributed by atoms with van der Waals surface area (Å²) in [5.41, 5.74) is 9.74. The Morgan fingerprint density at radius 1 is 0.453 bits per heavy atom. The van der Waals surface area contributed by atoms with Crippen LogP contribution in [0.4, 0.5) is 0 Å². The Hall–Kier alpha value is -6.96. The number of aromatic nitrogens is 5. The van der Waals surface area contributed by atoms with Crippen molar-refractivity contribution >= 4 is 65.3 Å². The van der Waals surface area contributed by atoms with Crippen LogP contribution in [0.2, 0.25) is 0 Å². The van der Waals surface area contributed by atoms with Gasteiger partial charge >= 0.3 is 0 Å². The number of thiazole rings is 1. The van der Waals surface area contributed by atoms with E-state index in [1.807, 2.05) is 54.6 Å². The molecule has 0 spiro atoms. The number of rotatable bonds is 5. The summed E-state index contributed by atoms with van der Waals surface area (Å²) in [5.74, 6) is 1.69. The lowest BCUT2D eigenvalue weighted by Gasteiger charge is -2.12. The van der Waals surface area contributed by atoms with Gasteiger partial charge in [0.15, 0.2) is 11.6 Å². The fourth-order valence-corrected chi connectivity index (χ4v) is 8.45. The van der Waals surface area contributed by atoms with Gasteiger partial charge in [-0.2, -0.15) is 9.97 Å². The maximum absolute atomic E-state index is 6.31. The molecule has 4 aromatic heterocycles. The van der Waals surface area contributed by atoms with E-state index >= 15 is 0 Å². The number of fused-ring (bicyclic) bond motifs is 7. The van der Waals surface area contributed by atoms with Crippen molar-refractivity contribution in [1.29, 1.82) is 0 Å². The zero-order valence-corrected chi connectivity index (χ0v) is 29.0. The van der Waals surface area contributed by atoms with Crippen LogP contribution in [-0.2, 0) is 0 Å². The summed E-state index contributed by atoms with van der Waals surface area (Å²) in [6, 6.07) is 56.3. The Morgan fingerprint density at radius 3 is 2.02 bits per heavy atom. The van der Waals surface area contributed by atoms with Crippen molar-refractivity contribution in [2.75, 3.05) is 0 Å². The highest BCUT2D eigenvalue weighted by Gasteiger charge is 2.21. The van der Waals surface area contributed by atoms with Gasteiger partial charge in [0.05, 0.1) is 21.3 Å². The number of hydrogen-bond donors (Lipinski definition) is 0. The van der Waals surface area contributed by atoms with Crippen molar-refractivity contribution in [3.63, 3.8) is 0 Å². The number of benzene rings is 7. The molecule has 0 fully saturated rings. The number of furan rings is 1. The smallest absolute Gasteiger partial charge is 0.238 e. The van der Waals surface area contributed by atoms with E-state index in [0.29, 0.717) is 17.6 Å². The van der Waals surface area contributed by atoms with Crippen molar-refractivity contribution in [3.05, 3.63) is 164 Å². The zero-order chi connectivity index (χ0) is 34.9. The van der Waals surface area contributed by atoms with E-state index in [1.165, 1.54) is 0 Å². The fourth-order valence-electron chi connectivity index (χ4n) is 7.44. The molecule has 0 saturated heterocycles. The normalized spacial score (nSPS) is 11.8. The highest BCUT2D eigenvalue weighted by atomic mass is 32.1. The van der Waals surface area contributed by atoms with Crippen molar-refractivity contribution in [3.8, 4) is 50.4 Å². The standard InChI is InChI=1S/C46H27N5OS/c1-3-12-28(13-4-1)30-22-24-33-32-16-7-9-19-37(32)51(38(33)26-30)46-49-43(31-23-25-36-41(27-31)53-45(47-36)29-14-5-2-6-15-29)48-44(50-46)35-18-11-21-40-42(35)34-17-8-10-20-39(34)52-40/h1-27H. The van der Waals surface area contributed by atoms with Gasteiger partial charge in [-0.15, -0.1) is 11.3 Å². The Morgan fingerprint density at radius 2 is 1.15 bits per heavy atom. The number of hydrogen-bond acceptors (Lipinski definition) is 6. The van der Waals surface area contributed by atoms with E-state index in [2.05, 4.69) is 114 Å². The van der Waals surface area contributed by atoms with Crippen LogP contribution in [0.15, 0.2) is 168 Å². The predicted octanol–water partition coefficient (Wildman–Crippen LogP) is 12.1. The quantitative estimate of drug-likeness (QED) is 0.179. The summed E-state index contributed by atoms with van der Waals surface area (Å²) < 4.78 is 9.55. The Bertz CT molecular complexity index is 3180. The first-order valence-electron chi connectivity index (χ1n) is 17.5. The zero-order valence-electron chi connectivity index (χ0n) is 28.1. The van der Waals surface area contributed by atoms with Crippen LogP contribution in [0.3, 0.4) is 0 Å². The molecule has 0 bridgehead atoms. The average Bonchev–Trinajstić information content (AvgIpc) is 3.93. The van der Waals surface area contributed by atoms with Gasteiger partial charge in [-0.1, -0.05) is 121 Å². The van der Waals surface area contributed by atoms with Crippen molar-refractivity contribution in [1.82, 2.24) is 24.5 Å². The molecule has 0 aliphatic carbocycles. The van der Waals surface area contributed by atoms with Gasteiger partial charge in [0.25, 0.3) is 0 Å². The molecular weight excluding hydrogens is 671 g/mol. The van der Waals surface area contributed by atoms with Crippen LogP contribution in [-0.4, -0.2) is 24.5 Å². The monoisotopic (exact) mass is 697 g/mol. The Labute approximate surface area is 307 Å². The number of para-hydroxylation sites is 2. The molecule has 248 valence electrons.